The Kier molecular flexibility index (Phi) is 3.53. The van der Waals surface area contributed by atoms with Crippen molar-refractivity contribution in [3.05, 3.63) is 46.1 Å². The molecule has 0 amide bonds. The number of esters is 1. The number of aryl methyl sites for hydroxylation is 1. The quantitative estimate of drug-likeness (QED) is 0.864. The molecule has 0 radical (unpaired) electrons. The van der Waals surface area contributed by atoms with Crippen LogP contribution in [0.5, 0.6) is 0 Å². The summed E-state index contributed by atoms with van der Waals surface area (Å²) in [6, 6.07) is 7.01. The monoisotopic (exact) mass is 266 g/mol. The van der Waals surface area contributed by atoms with Gasteiger partial charge >= 0.3 is 5.97 Å². The van der Waals surface area contributed by atoms with Gasteiger partial charge in [0.2, 0.25) is 5.88 Å². The zero-order valence-corrected chi connectivity index (χ0v) is 10.4. The number of hydrogen-bond donors (Lipinski definition) is 1. The van der Waals surface area contributed by atoms with Gasteiger partial charge in [0.15, 0.2) is 0 Å². The highest BCUT2D eigenvalue weighted by molar-refractivity contribution is 6.30. The predicted octanol–water partition coefficient (Wildman–Crippen LogP) is 2.58. The van der Waals surface area contributed by atoms with Gasteiger partial charge in [-0.05, 0) is 24.6 Å². The molecule has 6 heteroatoms. The largest absolute Gasteiger partial charge is 0.457 e. The molecule has 1 heterocycles. The third-order valence-electron chi connectivity index (χ3n) is 2.38. The molecule has 1 aromatic heterocycles. The van der Waals surface area contributed by atoms with Crippen LogP contribution in [0.15, 0.2) is 28.8 Å². The normalized spacial score (nSPS) is 10.3. The fourth-order valence-corrected chi connectivity index (χ4v) is 1.56. The van der Waals surface area contributed by atoms with Gasteiger partial charge in [0, 0.05) is 5.02 Å². The molecule has 5 nitrogen and oxygen atoms in total. The molecule has 0 unspecified atom stereocenters. The number of anilines is 1. The molecule has 0 aliphatic heterocycles. The van der Waals surface area contributed by atoms with E-state index in [4.69, 9.17) is 26.6 Å². The Labute approximate surface area is 108 Å². The van der Waals surface area contributed by atoms with E-state index in [9.17, 15) is 4.79 Å². The Balaban J connectivity index is 2.03. The van der Waals surface area contributed by atoms with Crippen LogP contribution in [0.2, 0.25) is 5.02 Å². The molecule has 0 spiro atoms. The highest BCUT2D eigenvalue weighted by Crippen LogP contribution is 2.17. The fraction of sp³-hybridized carbons (Fsp3) is 0.167. The van der Waals surface area contributed by atoms with Crippen LogP contribution < -0.4 is 5.73 Å². The number of benzene rings is 1. The summed E-state index contributed by atoms with van der Waals surface area (Å²) in [7, 11) is 0. The first-order valence-electron chi connectivity index (χ1n) is 5.21. The molecule has 94 valence electrons. The highest BCUT2D eigenvalue weighted by Gasteiger charge is 2.19. The standard InChI is InChI=1S/C12H11ClN2O3/c1-7-10(11(14)18-15-7)12(16)17-6-8-2-4-9(13)5-3-8/h2-5H,6,14H2,1H3. The van der Waals surface area contributed by atoms with Gasteiger partial charge in [-0.3, -0.25) is 0 Å². The van der Waals surface area contributed by atoms with Crippen molar-refractivity contribution in [2.24, 2.45) is 0 Å². The van der Waals surface area contributed by atoms with Crippen LogP contribution in [0.1, 0.15) is 21.6 Å². The van der Waals surface area contributed by atoms with Crippen LogP contribution in [0, 0.1) is 6.92 Å². The van der Waals surface area contributed by atoms with E-state index in [1.54, 1.807) is 31.2 Å². The zero-order chi connectivity index (χ0) is 13.1. The summed E-state index contributed by atoms with van der Waals surface area (Å²) in [6.07, 6.45) is 0. The zero-order valence-electron chi connectivity index (χ0n) is 9.64. The molecule has 0 saturated heterocycles. The molecule has 0 atom stereocenters. The third kappa shape index (κ3) is 2.62. The predicted molar refractivity (Wildman–Crippen MR) is 66.2 cm³/mol. The molecule has 2 rings (SSSR count). The van der Waals surface area contributed by atoms with Gasteiger partial charge in [-0.15, -0.1) is 0 Å². The first-order chi connectivity index (χ1) is 8.58. The van der Waals surface area contributed by atoms with E-state index in [0.29, 0.717) is 10.7 Å². The molecule has 0 aliphatic carbocycles. The van der Waals surface area contributed by atoms with Crippen LogP contribution in [0.25, 0.3) is 0 Å². The van der Waals surface area contributed by atoms with Gasteiger partial charge in [0.05, 0.1) is 5.69 Å². The smallest absolute Gasteiger partial charge is 0.346 e. The Morgan fingerprint density at radius 2 is 2.11 bits per heavy atom. The number of hydrogen-bond acceptors (Lipinski definition) is 5. The second kappa shape index (κ2) is 5.10. The van der Waals surface area contributed by atoms with Crippen molar-refractivity contribution in [1.82, 2.24) is 5.16 Å². The van der Waals surface area contributed by atoms with Crippen molar-refractivity contribution in [3.8, 4) is 0 Å². The Morgan fingerprint density at radius 3 is 2.67 bits per heavy atom. The summed E-state index contributed by atoms with van der Waals surface area (Å²) in [5.74, 6) is -0.588. The van der Waals surface area contributed by atoms with E-state index in [1.807, 2.05) is 0 Å². The molecule has 2 aromatic rings. The SMILES string of the molecule is Cc1noc(N)c1C(=O)OCc1ccc(Cl)cc1. The minimum absolute atomic E-state index is 0.0337. The number of nitrogens with two attached hydrogens (primary N) is 1. The minimum atomic E-state index is -0.554. The molecule has 0 saturated carbocycles. The highest BCUT2D eigenvalue weighted by atomic mass is 35.5. The third-order valence-corrected chi connectivity index (χ3v) is 2.63. The van der Waals surface area contributed by atoms with Gasteiger partial charge < -0.3 is 15.0 Å². The average molecular weight is 267 g/mol. The maximum Gasteiger partial charge on any atom is 0.346 e. The van der Waals surface area contributed by atoms with E-state index in [-0.39, 0.29) is 18.1 Å². The van der Waals surface area contributed by atoms with Crippen LogP contribution in [-0.2, 0) is 11.3 Å². The molecule has 1 aromatic carbocycles. The minimum Gasteiger partial charge on any atom is -0.457 e. The number of halogens is 1. The van der Waals surface area contributed by atoms with Crippen molar-refractivity contribution < 1.29 is 14.1 Å². The van der Waals surface area contributed by atoms with Crippen molar-refractivity contribution >= 4 is 23.5 Å². The molecule has 0 fully saturated rings. The van der Waals surface area contributed by atoms with Crippen molar-refractivity contribution in [2.45, 2.75) is 13.5 Å². The summed E-state index contributed by atoms with van der Waals surface area (Å²) >= 11 is 5.75. The summed E-state index contributed by atoms with van der Waals surface area (Å²) in [5, 5.41) is 4.21. The van der Waals surface area contributed by atoms with E-state index in [2.05, 4.69) is 5.16 Å². The lowest BCUT2D eigenvalue weighted by molar-refractivity contribution is 0.0473. The van der Waals surface area contributed by atoms with Crippen molar-refractivity contribution in [3.63, 3.8) is 0 Å². The van der Waals surface area contributed by atoms with Crippen LogP contribution in [0.3, 0.4) is 0 Å². The lowest BCUT2D eigenvalue weighted by Crippen LogP contribution is -2.08. The number of carbonyl (C=O) groups is 1. The fourth-order valence-electron chi connectivity index (χ4n) is 1.44. The van der Waals surface area contributed by atoms with Gasteiger partial charge in [-0.25, -0.2) is 4.79 Å². The topological polar surface area (TPSA) is 78.4 Å². The molecule has 18 heavy (non-hydrogen) atoms. The molecule has 0 bridgehead atoms. The van der Waals surface area contributed by atoms with Gasteiger partial charge in [-0.2, -0.15) is 0 Å². The second-order valence-corrected chi connectivity index (χ2v) is 4.15. The van der Waals surface area contributed by atoms with E-state index in [0.717, 1.165) is 5.56 Å². The second-order valence-electron chi connectivity index (χ2n) is 3.71. The Hall–Kier alpha value is -2.01. The average Bonchev–Trinajstić information content (AvgIpc) is 2.68. The number of nitrogen functional groups attached to an aromatic ring is 1. The van der Waals surface area contributed by atoms with Crippen LogP contribution >= 0.6 is 11.6 Å². The molecule has 2 N–H and O–H groups in total. The van der Waals surface area contributed by atoms with E-state index >= 15 is 0 Å². The number of aromatic nitrogens is 1. The summed E-state index contributed by atoms with van der Waals surface area (Å²) in [4.78, 5) is 11.8. The lowest BCUT2D eigenvalue weighted by atomic mass is 10.2. The Bertz CT molecular complexity index is 544. The maximum atomic E-state index is 11.8. The number of carbonyl (C=O) groups excluding carboxylic acids is 1. The number of rotatable bonds is 3. The maximum absolute atomic E-state index is 11.8. The number of ether oxygens (including phenoxy) is 1. The van der Waals surface area contributed by atoms with Gasteiger partial charge in [-0.1, -0.05) is 28.9 Å². The summed E-state index contributed by atoms with van der Waals surface area (Å²) in [5.41, 5.74) is 6.90. The van der Waals surface area contributed by atoms with E-state index < -0.39 is 5.97 Å². The number of nitrogens with zero attached hydrogens (tertiary/aromatic N) is 1. The summed E-state index contributed by atoms with van der Waals surface area (Å²) < 4.78 is 9.81. The Morgan fingerprint density at radius 1 is 1.44 bits per heavy atom. The van der Waals surface area contributed by atoms with Gasteiger partial charge in [0.1, 0.15) is 12.2 Å². The first-order valence-corrected chi connectivity index (χ1v) is 5.59. The molecular formula is C12H11ClN2O3. The summed E-state index contributed by atoms with van der Waals surface area (Å²) in [6.45, 7) is 1.76. The molecule has 0 aliphatic rings. The molecular weight excluding hydrogens is 256 g/mol. The van der Waals surface area contributed by atoms with E-state index in [1.165, 1.54) is 0 Å². The van der Waals surface area contributed by atoms with Crippen molar-refractivity contribution in [1.29, 1.82) is 0 Å². The van der Waals surface area contributed by atoms with Crippen molar-refractivity contribution in [2.75, 3.05) is 5.73 Å². The lowest BCUT2D eigenvalue weighted by Gasteiger charge is -2.04. The van der Waals surface area contributed by atoms with Gasteiger partial charge in [0.25, 0.3) is 0 Å². The van der Waals surface area contributed by atoms with Crippen LogP contribution in [-0.4, -0.2) is 11.1 Å². The first kappa shape index (κ1) is 12.4. The van der Waals surface area contributed by atoms with Crippen LogP contribution in [0.4, 0.5) is 5.88 Å².